The van der Waals surface area contributed by atoms with Gasteiger partial charge in [0.15, 0.2) is 0 Å². The van der Waals surface area contributed by atoms with Crippen LogP contribution in [0.25, 0.3) is 0 Å². The second-order valence-corrected chi connectivity index (χ2v) is 11.2. The van der Waals surface area contributed by atoms with Crippen molar-refractivity contribution >= 4 is 17.5 Å². The highest BCUT2D eigenvalue weighted by atomic mass is 16.5. The highest BCUT2D eigenvalue weighted by molar-refractivity contribution is 5.92. The first-order chi connectivity index (χ1) is 14.1. The van der Waals surface area contributed by atoms with Crippen molar-refractivity contribution in [3.05, 3.63) is 0 Å². The Labute approximate surface area is 180 Å². The molecule has 1 N–H and O–H groups in total. The quantitative estimate of drug-likeness (QED) is 0.699. The summed E-state index contributed by atoms with van der Waals surface area (Å²) in [6.45, 7) is 6.56. The highest BCUT2D eigenvalue weighted by Gasteiger charge is 2.66. The molecule has 5 nitrogen and oxygen atoms in total. The van der Waals surface area contributed by atoms with Crippen LogP contribution in [0.15, 0.2) is 0 Å². The first-order valence-electron chi connectivity index (χ1n) is 11.9. The number of carbonyl (C=O) groups is 3. The van der Waals surface area contributed by atoms with Crippen molar-refractivity contribution in [1.29, 1.82) is 0 Å². The van der Waals surface area contributed by atoms with Gasteiger partial charge >= 0.3 is 5.97 Å². The summed E-state index contributed by atoms with van der Waals surface area (Å²) >= 11 is 0. The van der Waals surface area contributed by atoms with E-state index < -0.39 is 5.41 Å². The van der Waals surface area contributed by atoms with Gasteiger partial charge in [-0.15, -0.1) is 0 Å². The maximum absolute atomic E-state index is 13.7. The normalized spacial score (nSPS) is 46.6. The van der Waals surface area contributed by atoms with E-state index in [1.165, 1.54) is 7.11 Å². The Morgan fingerprint density at radius 2 is 1.90 bits per heavy atom. The van der Waals surface area contributed by atoms with Crippen molar-refractivity contribution in [2.45, 2.75) is 84.7 Å². The van der Waals surface area contributed by atoms with Crippen LogP contribution in [-0.2, 0) is 19.1 Å². The third-order valence-corrected chi connectivity index (χ3v) is 10.1. The smallest absolute Gasteiger partial charge is 0.305 e. The second kappa shape index (κ2) is 7.72. The number of ether oxygens (including phenoxy) is 1. The van der Waals surface area contributed by atoms with Gasteiger partial charge in [0.1, 0.15) is 11.6 Å². The summed E-state index contributed by atoms with van der Waals surface area (Å²) < 4.78 is 4.80. The molecule has 4 aliphatic carbocycles. The Morgan fingerprint density at radius 1 is 1.17 bits per heavy atom. The zero-order chi connectivity index (χ0) is 21.8. The number of hydrogen-bond donors (Lipinski definition) is 1. The number of aliphatic hydroxyl groups excluding tert-OH is 1. The van der Waals surface area contributed by atoms with E-state index in [4.69, 9.17) is 4.74 Å². The molecular weight excluding hydrogens is 380 g/mol. The summed E-state index contributed by atoms with van der Waals surface area (Å²) in [6, 6.07) is 0. The highest BCUT2D eigenvalue weighted by Crippen LogP contribution is 2.66. The van der Waals surface area contributed by atoms with E-state index in [9.17, 15) is 19.5 Å². The second-order valence-electron chi connectivity index (χ2n) is 11.2. The summed E-state index contributed by atoms with van der Waals surface area (Å²) in [6.07, 6.45) is 6.19. The minimum atomic E-state index is -0.455. The molecule has 0 radical (unpaired) electrons. The molecule has 4 rings (SSSR count). The number of rotatable bonds is 4. The van der Waals surface area contributed by atoms with Gasteiger partial charge in [0.05, 0.1) is 13.2 Å². The van der Waals surface area contributed by atoms with E-state index in [-0.39, 0.29) is 53.0 Å². The molecule has 9 atom stereocenters. The lowest BCUT2D eigenvalue weighted by Gasteiger charge is -2.59. The zero-order valence-electron chi connectivity index (χ0n) is 19.0. The zero-order valence-corrected chi connectivity index (χ0v) is 19.0. The number of carbonyl (C=O) groups excluding carboxylic acids is 3. The Bertz CT molecular complexity index is 731. The summed E-state index contributed by atoms with van der Waals surface area (Å²) in [5.74, 6) is 1.42. The molecule has 0 spiro atoms. The first-order valence-corrected chi connectivity index (χ1v) is 11.9. The van der Waals surface area contributed by atoms with E-state index in [0.29, 0.717) is 37.2 Å². The van der Waals surface area contributed by atoms with E-state index in [0.717, 1.165) is 32.1 Å². The molecule has 0 aliphatic heterocycles. The minimum Gasteiger partial charge on any atom is -0.469 e. The van der Waals surface area contributed by atoms with Crippen molar-refractivity contribution < 1.29 is 24.2 Å². The molecule has 0 amide bonds. The van der Waals surface area contributed by atoms with Crippen LogP contribution in [0, 0.1) is 46.3 Å². The molecule has 0 aromatic rings. The number of esters is 1. The van der Waals surface area contributed by atoms with E-state index in [2.05, 4.69) is 20.8 Å². The summed E-state index contributed by atoms with van der Waals surface area (Å²) in [7, 11) is 1.41. The molecule has 0 unspecified atom stereocenters. The average molecular weight is 419 g/mol. The lowest BCUT2D eigenvalue weighted by molar-refractivity contribution is -0.168. The van der Waals surface area contributed by atoms with Gasteiger partial charge in [0, 0.05) is 30.6 Å². The van der Waals surface area contributed by atoms with E-state index in [1.807, 2.05) is 0 Å². The van der Waals surface area contributed by atoms with Crippen LogP contribution in [0.4, 0.5) is 0 Å². The van der Waals surface area contributed by atoms with Crippen LogP contribution in [-0.4, -0.2) is 35.9 Å². The van der Waals surface area contributed by atoms with Gasteiger partial charge in [-0.25, -0.2) is 0 Å². The number of Topliss-reactive ketones (excluding diaryl/α,β-unsaturated/α-hetero) is 2. The molecule has 4 saturated carbocycles. The van der Waals surface area contributed by atoms with Gasteiger partial charge in [-0.2, -0.15) is 0 Å². The van der Waals surface area contributed by atoms with Crippen LogP contribution < -0.4 is 0 Å². The minimum absolute atomic E-state index is 0.0105. The maximum atomic E-state index is 13.7. The van der Waals surface area contributed by atoms with E-state index in [1.54, 1.807) is 0 Å². The number of ketones is 2. The van der Waals surface area contributed by atoms with Crippen LogP contribution >= 0.6 is 0 Å². The first kappa shape index (κ1) is 22.0. The predicted molar refractivity (Wildman–Crippen MR) is 112 cm³/mol. The molecule has 168 valence electrons. The van der Waals surface area contributed by atoms with Crippen molar-refractivity contribution in [3.63, 3.8) is 0 Å². The standard InChI is InChI=1S/C25H38O5/c1-14(5-8-22(29)30-4)17-6-7-18-23-19(13-21(28)25(17,18)3)24(2)10-9-16(26)11-15(24)12-20(23)27/h14-19,23,26H,5-13H2,1-4H3/t14-,15+,16+,17-,18+,19+,23+,24+,25-/m1/s1. The fourth-order valence-electron chi connectivity index (χ4n) is 8.22. The molecule has 0 heterocycles. The number of methoxy groups -OCH3 is 1. The third-order valence-electron chi connectivity index (χ3n) is 10.1. The van der Waals surface area contributed by atoms with Crippen molar-refractivity contribution in [1.82, 2.24) is 0 Å². The summed E-state index contributed by atoms with van der Waals surface area (Å²) in [4.78, 5) is 38.7. The van der Waals surface area contributed by atoms with Crippen LogP contribution in [0.1, 0.15) is 78.6 Å². The molecule has 4 aliphatic rings. The Kier molecular flexibility index (Phi) is 5.66. The predicted octanol–water partition coefficient (Wildman–Crippen LogP) is 3.95. The summed E-state index contributed by atoms with van der Waals surface area (Å²) in [5.41, 5.74) is -0.465. The summed E-state index contributed by atoms with van der Waals surface area (Å²) in [5, 5.41) is 10.2. The fourth-order valence-corrected chi connectivity index (χ4v) is 8.22. The molecule has 5 heteroatoms. The van der Waals surface area contributed by atoms with Gasteiger partial charge in [-0.3, -0.25) is 14.4 Å². The maximum Gasteiger partial charge on any atom is 0.305 e. The van der Waals surface area contributed by atoms with Gasteiger partial charge < -0.3 is 9.84 Å². The molecular formula is C25H38O5. The largest absolute Gasteiger partial charge is 0.469 e. The van der Waals surface area contributed by atoms with Crippen molar-refractivity contribution in [3.8, 4) is 0 Å². The topological polar surface area (TPSA) is 80.7 Å². The van der Waals surface area contributed by atoms with Crippen molar-refractivity contribution in [2.75, 3.05) is 7.11 Å². The van der Waals surface area contributed by atoms with Gasteiger partial charge in [-0.1, -0.05) is 20.8 Å². The molecule has 0 aromatic heterocycles. The van der Waals surface area contributed by atoms with Gasteiger partial charge in [-0.05, 0) is 73.5 Å². The average Bonchev–Trinajstić information content (AvgIpc) is 3.06. The molecule has 0 aromatic carbocycles. The number of hydrogen-bond acceptors (Lipinski definition) is 5. The van der Waals surface area contributed by atoms with E-state index >= 15 is 0 Å². The Hall–Kier alpha value is -1.23. The molecule has 4 fully saturated rings. The third kappa shape index (κ3) is 3.18. The fraction of sp³-hybridized carbons (Fsp3) is 0.880. The van der Waals surface area contributed by atoms with Crippen molar-refractivity contribution in [2.24, 2.45) is 46.3 Å². The lowest BCUT2D eigenvalue weighted by Crippen LogP contribution is -2.60. The van der Waals surface area contributed by atoms with Crippen LogP contribution in [0.3, 0.4) is 0 Å². The molecule has 0 bridgehead atoms. The Balaban J connectivity index is 1.59. The van der Waals surface area contributed by atoms with Gasteiger partial charge in [0.2, 0.25) is 0 Å². The van der Waals surface area contributed by atoms with Crippen LogP contribution in [0.5, 0.6) is 0 Å². The Morgan fingerprint density at radius 3 is 2.60 bits per heavy atom. The SMILES string of the molecule is COC(=O)CC[C@@H](C)[C@H]1CC[C@H]2[C@@H]3C(=O)C[C@@H]4C[C@@H](O)CC[C@]4(C)[C@H]3CC(=O)[C@]12C. The molecule has 30 heavy (non-hydrogen) atoms. The van der Waals surface area contributed by atoms with Crippen LogP contribution in [0.2, 0.25) is 0 Å². The van der Waals surface area contributed by atoms with Gasteiger partial charge in [0.25, 0.3) is 0 Å². The molecule has 0 saturated heterocycles. The number of aliphatic hydroxyl groups is 1. The lowest BCUT2D eigenvalue weighted by atomic mass is 9.43. The monoisotopic (exact) mass is 418 g/mol. The number of fused-ring (bicyclic) bond motifs is 5.